The van der Waals surface area contributed by atoms with Gasteiger partial charge in [0.25, 0.3) is 0 Å². The lowest BCUT2D eigenvalue weighted by Gasteiger charge is -2.05. The van der Waals surface area contributed by atoms with Gasteiger partial charge in [0.15, 0.2) is 0 Å². The molecule has 0 saturated heterocycles. The van der Waals surface area contributed by atoms with Gasteiger partial charge in [0, 0.05) is 17.8 Å². The van der Waals surface area contributed by atoms with Crippen LogP contribution in [0.1, 0.15) is 28.4 Å². The van der Waals surface area contributed by atoms with Crippen LogP contribution >= 0.6 is 0 Å². The molecule has 0 aliphatic rings. The summed E-state index contributed by atoms with van der Waals surface area (Å²) in [5.41, 5.74) is 1.98. The van der Waals surface area contributed by atoms with Crippen LogP contribution in [0.2, 0.25) is 0 Å². The Hall–Kier alpha value is -4.67. The summed E-state index contributed by atoms with van der Waals surface area (Å²) in [6.07, 6.45) is 5.22. The Kier molecular flexibility index (Phi) is 6.35. The Balaban J connectivity index is 1.14. The lowest BCUT2D eigenvalue weighted by molar-refractivity contribution is -0.137. The molecular weight excluding hydrogens is 475 g/mol. The van der Waals surface area contributed by atoms with E-state index in [0.717, 1.165) is 23.4 Å². The Morgan fingerprint density at radius 3 is 2.39 bits per heavy atom. The predicted molar refractivity (Wildman–Crippen MR) is 122 cm³/mol. The molecule has 0 saturated carbocycles. The van der Waals surface area contributed by atoms with Crippen molar-refractivity contribution in [2.24, 2.45) is 0 Å². The average Bonchev–Trinajstić information content (AvgIpc) is 3.65. The van der Waals surface area contributed by atoms with Gasteiger partial charge < -0.3 is 13.6 Å². The maximum atomic E-state index is 12.7. The van der Waals surface area contributed by atoms with Crippen molar-refractivity contribution in [2.45, 2.75) is 19.3 Å². The molecule has 0 fully saturated rings. The molecule has 2 aromatic carbocycles. The zero-order chi connectivity index (χ0) is 25.0. The molecule has 0 amide bonds. The molecule has 8 nitrogen and oxygen atoms in total. The third kappa shape index (κ3) is 5.69. The van der Waals surface area contributed by atoms with Crippen LogP contribution in [-0.4, -0.2) is 25.0 Å². The van der Waals surface area contributed by atoms with Crippen LogP contribution in [0, 0.1) is 0 Å². The van der Waals surface area contributed by atoms with Crippen molar-refractivity contribution < 1.29 is 26.7 Å². The van der Waals surface area contributed by atoms with Gasteiger partial charge in [-0.05, 0) is 48.0 Å². The first-order valence-electron chi connectivity index (χ1n) is 10.7. The zero-order valence-corrected chi connectivity index (χ0v) is 18.6. The fourth-order valence-corrected chi connectivity index (χ4v) is 3.26. The van der Waals surface area contributed by atoms with Crippen LogP contribution in [-0.2, 0) is 19.3 Å². The number of aromatic nitrogens is 5. The Bertz CT molecular complexity index is 1440. The van der Waals surface area contributed by atoms with Gasteiger partial charge >= 0.3 is 6.18 Å². The highest BCUT2D eigenvalue weighted by molar-refractivity contribution is 5.66. The number of hydrogen-bond acceptors (Lipinski definition) is 7. The first-order valence-corrected chi connectivity index (χ1v) is 10.7. The standard InChI is InChI=1S/C25H18F3N5O3/c26-25(27,28)19-6-1-17(2-7-19)3-10-23-30-21(16-35-23)15-34-22-8-4-18(5-9-22)24-31-20(14-36-24)13-33-12-11-29-32-33/h1-12,14,16H,13,15H2/b10-3+. The van der Waals surface area contributed by atoms with Gasteiger partial charge in [0.2, 0.25) is 11.8 Å². The van der Waals surface area contributed by atoms with Gasteiger partial charge in [-0.15, -0.1) is 5.10 Å². The van der Waals surface area contributed by atoms with E-state index < -0.39 is 11.7 Å². The van der Waals surface area contributed by atoms with E-state index in [4.69, 9.17) is 13.6 Å². The number of hydrogen-bond donors (Lipinski definition) is 0. The molecule has 11 heteroatoms. The summed E-state index contributed by atoms with van der Waals surface area (Å²) in [7, 11) is 0. The molecule has 5 rings (SSSR count). The third-order valence-electron chi connectivity index (χ3n) is 5.06. The SMILES string of the molecule is FC(F)(F)c1ccc(/C=C/c2nc(COc3ccc(-c4nc(Cn5ccnn5)co4)cc3)co2)cc1. The summed E-state index contributed by atoms with van der Waals surface area (Å²) in [5.74, 6) is 1.42. The summed E-state index contributed by atoms with van der Waals surface area (Å²) in [5, 5.41) is 7.67. The summed E-state index contributed by atoms with van der Waals surface area (Å²) < 4.78 is 56.3. The Labute approximate surface area is 202 Å². The minimum absolute atomic E-state index is 0.179. The predicted octanol–water partition coefficient (Wildman–Crippen LogP) is 5.74. The van der Waals surface area contributed by atoms with Crippen molar-refractivity contribution in [1.29, 1.82) is 0 Å². The highest BCUT2D eigenvalue weighted by Crippen LogP contribution is 2.29. The third-order valence-corrected chi connectivity index (χ3v) is 5.06. The van der Waals surface area contributed by atoms with E-state index in [9.17, 15) is 13.2 Å². The zero-order valence-electron chi connectivity index (χ0n) is 18.6. The van der Waals surface area contributed by atoms with Crippen LogP contribution in [0.5, 0.6) is 5.75 Å². The van der Waals surface area contributed by atoms with Gasteiger partial charge in [-0.1, -0.05) is 17.3 Å². The van der Waals surface area contributed by atoms with Gasteiger partial charge in [-0.25, -0.2) is 14.6 Å². The Morgan fingerprint density at radius 1 is 0.889 bits per heavy atom. The van der Waals surface area contributed by atoms with E-state index in [1.165, 1.54) is 18.4 Å². The van der Waals surface area contributed by atoms with E-state index in [0.29, 0.717) is 35.3 Å². The molecule has 0 atom stereocenters. The quantitative estimate of drug-likeness (QED) is 0.272. The molecular formula is C25H18F3N5O3. The summed E-state index contributed by atoms with van der Waals surface area (Å²) in [6.45, 7) is 0.641. The number of rotatable bonds is 8. The number of nitrogens with zero attached hydrogens (tertiary/aromatic N) is 5. The smallest absolute Gasteiger partial charge is 0.416 e. The van der Waals surface area contributed by atoms with E-state index in [1.54, 1.807) is 47.6 Å². The second-order valence-electron chi connectivity index (χ2n) is 7.69. The molecule has 0 aliphatic carbocycles. The minimum Gasteiger partial charge on any atom is -0.487 e. The molecule has 0 aliphatic heterocycles. The topological polar surface area (TPSA) is 92.0 Å². The highest BCUT2D eigenvalue weighted by atomic mass is 19.4. The number of benzene rings is 2. The summed E-state index contributed by atoms with van der Waals surface area (Å²) >= 11 is 0. The molecule has 0 N–H and O–H groups in total. The van der Waals surface area contributed by atoms with Crippen LogP contribution in [0.3, 0.4) is 0 Å². The van der Waals surface area contributed by atoms with E-state index in [1.807, 2.05) is 12.1 Å². The van der Waals surface area contributed by atoms with Crippen LogP contribution in [0.4, 0.5) is 13.2 Å². The van der Waals surface area contributed by atoms with E-state index in [2.05, 4.69) is 20.3 Å². The molecule has 3 heterocycles. The van der Waals surface area contributed by atoms with Crippen LogP contribution in [0.15, 0.2) is 82.3 Å². The molecule has 0 unspecified atom stereocenters. The maximum absolute atomic E-state index is 12.7. The molecule has 5 aromatic rings. The summed E-state index contributed by atoms with van der Waals surface area (Å²) in [6, 6.07) is 12.1. The lowest BCUT2D eigenvalue weighted by Crippen LogP contribution is -2.03. The van der Waals surface area contributed by atoms with Gasteiger partial charge in [0.05, 0.1) is 18.3 Å². The van der Waals surface area contributed by atoms with Crippen molar-refractivity contribution in [1.82, 2.24) is 25.0 Å². The van der Waals surface area contributed by atoms with Crippen molar-refractivity contribution >= 4 is 12.2 Å². The van der Waals surface area contributed by atoms with Gasteiger partial charge in [0.1, 0.15) is 36.3 Å². The molecule has 3 aromatic heterocycles. The maximum Gasteiger partial charge on any atom is 0.416 e. The van der Waals surface area contributed by atoms with Crippen LogP contribution in [0.25, 0.3) is 23.6 Å². The van der Waals surface area contributed by atoms with E-state index >= 15 is 0 Å². The van der Waals surface area contributed by atoms with Crippen molar-refractivity contribution in [3.05, 3.63) is 102 Å². The number of oxazole rings is 2. The largest absolute Gasteiger partial charge is 0.487 e. The normalized spacial score (nSPS) is 11.9. The van der Waals surface area contributed by atoms with Gasteiger partial charge in [-0.2, -0.15) is 13.2 Å². The minimum atomic E-state index is -4.36. The number of halogens is 3. The monoisotopic (exact) mass is 493 g/mol. The fourth-order valence-electron chi connectivity index (χ4n) is 3.26. The molecule has 0 radical (unpaired) electrons. The average molecular weight is 493 g/mol. The van der Waals surface area contributed by atoms with Gasteiger partial charge in [-0.3, -0.25) is 0 Å². The van der Waals surface area contributed by atoms with E-state index in [-0.39, 0.29) is 6.61 Å². The molecule has 0 bridgehead atoms. The van der Waals surface area contributed by atoms with Crippen molar-refractivity contribution in [3.63, 3.8) is 0 Å². The highest BCUT2D eigenvalue weighted by Gasteiger charge is 2.29. The number of ether oxygens (including phenoxy) is 1. The van der Waals surface area contributed by atoms with Crippen LogP contribution < -0.4 is 4.74 Å². The first kappa shape index (κ1) is 23.1. The van der Waals surface area contributed by atoms with Crippen molar-refractivity contribution in [3.8, 4) is 17.2 Å². The Morgan fingerprint density at radius 2 is 1.67 bits per heavy atom. The lowest BCUT2D eigenvalue weighted by atomic mass is 10.1. The fraction of sp³-hybridized carbons (Fsp3) is 0.120. The second-order valence-corrected chi connectivity index (χ2v) is 7.69. The number of alkyl halides is 3. The molecule has 0 spiro atoms. The summed E-state index contributed by atoms with van der Waals surface area (Å²) in [4.78, 5) is 8.76. The first-order chi connectivity index (χ1) is 17.4. The molecule has 182 valence electrons. The second kappa shape index (κ2) is 9.90. The molecule has 36 heavy (non-hydrogen) atoms. The van der Waals surface area contributed by atoms with Crippen molar-refractivity contribution in [2.75, 3.05) is 0 Å².